The topological polar surface area (TPSA) is 38.1 Å². The molecule has 1 saturated heterocycles. The molecule has 29 heavy (non-hydrogen) atoms. The van der Waals surface area contributed by atoms with Crippen LogP contribution in [-0.2, 0) is 11.3 Å². The van der Waals surface area contributed by atoms with E-state index in [1.165, 1.54) is 4.88 Å². The van der Waals surface area contributed by atoms with Gasteiger partial charge in [-0.3, -0.25) is 4.79 Å². The number of para-hydroxylation sites is 1. The molecule has 3 heterocycles. The van der Waals surface area contributed by atoms with E-state index in [2.05, 4.69) is 35.8 Å². The van der Waals surface area contributed by atoms with E-state index in [0.29, 0.717) is 12.3 Å². The molecule has 1 amide bonds. The number of benzene rings is 2. The zero-order valence-corrected chi connectivity index (χ0v) is 17.3. The van der Waals surface area contributed by atoms with E-state index in [0.717, 1.165) is 22.5 Å². The number of thioether (sulfide) groups is 1. The average Bonchev–Trinajstić information content (AvgIpc) is 3.50. The lowest BCUT2D eigenvalue weighted by Crippen LogP contribution is -2.28. The van der Waals surface area contributed by atoms with Crippen LogP contribution < -0.4 is 0 Å². The molecule has 1 aliphatic heterocycles. The number of carbonyl (C=O) groups is 1. The van der Waals surface area contributed by atoms with Crippen molar-refractivity contribution in [1.29, 1.82) is 0 Å². The van der Waals surface area contributed by atoms with Crippen molar-refractivity contribution in [1.82, 2.24) is 14.7 Å². The quantitative estimate of drug-likeness (QED) is 0.438. The molecule has 0 spiro atoms. The van der Waals surface area contributed by atoms with Crippen molar-refractivity contribution in [2.24, 2.45) is 0 Å². The third-order valence-corrected chi connectivity index (χ3v) is 7.06. The summed E-state index contributed by atoms with van der Waals surface area (Å²) in [5.41, 5.74) is 4.19. The molecule has 6 heteroatoms. The van der Waals surface area contributed by atoms with Gasteiger partial charge in [0.1, 0.15) is 11.1 Å². The number of carbonyl (C=O) groups excluding carboxylic acids is 1. The zero-order valence-electron chi connectivity index (χ0n) is 15.6. The van der Waals surface area contributed by atoms with Crippen molar-refractivity contribution in [3.8, 4) is 16.1 Å². The maximum absolute atomic E-state index is 12.7. The fraction of sp³-hybridized carbons (Fsp3) is 0.130. The molecule has 4 aromatic rings. The molecule has 5 rings (SSSR count). The van der Waals surface area contributed by atoms with Crippen LogP contribution in [0.1, 0.15) is 16.6 Å². The highest BCUT2D eigenvalue weighted by atomic mass is 32.2. The molecule has 4 nitrogen and oxygen atoms in total. The number of thiophene rings is 1. The Balaban J connectivity index is 1.56. The van der Waals surface area contributed by atoms with Gasteiger partial charge in [-0.1, -0.05) is 54.6 Å². The highest BCUT2D eigenvalue weighted by molar-refractivity contribution is 8.00. The Kier molecular flexibility index (Phi) is 4.96. The Bertz CT molecular complexity index is 1110. The molecule has 0 N–H and O–H groups in total. The summed E-state index contributed by atoms with van der Waals surface area (Å²) in [4.78, 5) is 15.8. The van der Waals surface area contributed by atoms with Gasteiger partial charge in [-0.15, -0.1) is 23.1 Å². The van der Waals surface area contributed by atoms with Gasteiger partial charge < -0.3 is 4.90 Å². The number of amides is 1. The van der Waals surface area contributed by atoms with Crippen molar-refractivity contribution in [3.05, 3.63) is 95.6 Å². The smallest absolute Gasteiger partial charge is 0.234 e. The van der Waals surface area contributed by atoms with Gasteiger partial charge in [-0.25, -0.2) is 4.68 Å². The molecule has 1 aliphatic rings. The zero-order chi connectivity index (χ0) is 19.6. The number of hydrogen-bond acceptors (Lipinski definition) is 4. The molecular weight excluding hydrogens is 398 g/mol. The summed E-state index contributed by atoms with van der Waals surface area (Å²) < 4.78 is 1.93. The molecule has 144 valence electrons. The van der Waals surface area contributed by atoms with Crippen LogP contribution in [0.15, 0.2) is 84.4 Å². The monoisotopic (exact) mass is 417 g/mol. The second-order valence-electron chi connectivity index (χ2n) is 6.86. The van der Waals surface area contributed by atoms with Crippen LogP contribution in [0.25, 0.3) is 16.1 Å². The van der Waals surface area contributed by atoms with E-state index < -0.39 is 0 Å². The predicted molar refractivity (Wildman–Crippen MR) is 119 cm³/mol. The first-order chi connectivity index (χ1) is 14.3. The minimum absolute atomic E-state index is 0.0928. The number of rotatable bonds is 5. The molecule has 2 aromatic carbocycles. The number of nitrogens with zero attached hydrogens (tertiary/aromatic N) is 3. The van der Waals surface area contributed by atoms with E-state index >= 15 is 0 Å². The van der Waals surface area contributed by atoms with Gasteiger partial charge in [0.2, 0.25) is 5.91 Å². The first kappa shape index (κ1) is 18.2. The van der Waals surface area contributed by atoms with E-state index in [1.54, 1.807) is 23.1 Å². The van der Waals surface area contributed by atoms with Crippen LogP contribution in [0.5, 0.6) is 0 Å². The van der Waals surface area contributed by atoms with Gasteiger partial charge in [0.05, 0.1) is 11.4 Å². The molecule has 0 bridgehead atoms. The summed E-state index contributed by atoms with van der Waals surface area (Å²) in [6.45, 7) is 0.597. The van der Waals surface area contributed by atoms with Crippen molar-refractivity contribution >= 4 is 29.0 Å². The van der Waals surface area contributed by atoms with E-state index in [9.17, 15) is 4.79 Å². The van der Waals surface area contributed by atoms with Crippen molar-refractivity contribution in [2.45, 2.75) is 11.9 Å². The van der Waals surface area contributed by atoms with Crippen molar-refractivity contribution < 1.29 is 4.79 Å². The largest absolute Gasteiger partial charge is 0.320 e. The lowest BCUT2D eigenvalue weighted by atomic mass is 10.1. The normalized spacial score (nSPS) is 16.5. The Morgan fingerprint density at radius 1 is 0.966 bits per heavy atom. The SMILES string of the molecule is O=C1CSC(c2nn(-c3ccccc3)cc2-c2cccs2)N1Cc1ccccc1. The summed E-state index contributed by atoms with van der Waals surface area (Å²) in [5.74, 6) is 0.648. The molecule has 1 fully saturated rings. The first-order valence-corrected chi connectivity index (χ1v) is 11.4. The second-order valence-corrected chi connectivity index (χ2v) is 8.87. The third kappa shape index (κ3) is 3.61. The van der Waals surface area contributed by atoms with Gasteiger partial charge in [0.25, 0.3) is 0 Å². The van der Waals surface area contributed by atoms with Gasteiger partial charge in [-0.2, -0.15) is 5.10 Å². The maximum Gasteiger partial charge on any atom is 0.234 e. The molecule has 0 saturated carbocycles. The summed E-state index contributed by atoms with van der Waals surface area (Å²) >= 11 is 3.35. The molecule has 1 atom stereocenters. The van der Waals surface area contributed by atoms with Crippen LogP contribution >= 0.6 is 23.1 Å². The van der Waals surface area contributed by atoms with Gasteiger partial charge in [-0.05, 0) is 29.1 Å². The molecular formula is C23H19N3OS2. The van der Waals surface area contributed by atoms with E-state index in [1.807, 2.05) is 58.1 Å². The Morgan fingerprint density at radius 3 is 2.45 bits per heavy atom. The van der Waals surface area contributed by atoms with Gasteiger partial charge in [0, 0.05) is 23.2 Å². The van der Waals surface area contributed by atoms with E-state index in [-0.39, 0.29) is 11.3 Å². The summed E-state index contributed by atoms with van der Waals surface area (Å²) in [6.07, 6.45) is 2.08. The third-order valence-electron chi connectivity index (χ3n) is 4.95. The second kappa shape index (κ2) is 7.89. The van der Waals surface area contributed by atoms with Crippen molar-refractivity contribution in [2.75, 3.05) is 5.75 Å². The summed E-state index contributed by atoms with van der Waals surface area (Å²) in [6, 6.07) is 24.4. The fourth-order valence-electron chi connectivity index (χ4n) is 3.54. The maximum atomic E-state index is 12.7. The van der Waals surface area contributed by atoms with E-state index in [4.69, 9.17) is 5.10 Å². The molecule has 2 aromatic heterocycles. The van der Waals surface area contributed by atoms with Crippen LogP contribution in [-0.4, -0.2) is 26.3 Å². The lowest BCUT2D eigenvalue weighted by Gasteiger charge is -2.23. The number of hydrogen-bond donors (Lipinski definition) is 0. The predicted octanol–water partition coefficient (Wildman–Crippen LogP) is 5.38. The Labute approximate surface area is 177 Å². The highest BCUT2D eigenvalue weighted by Gasteiger charge is 2.36. The fourth-order valence-corrected chi connectivity index (χ4v) is 5.45. The average molecular weight is 418 g/mol. The molecule has 0 aliphatic carbocycles. The Morgan fingerprint density at radius 2 is 1.72 bits per heavy atom. The highest BCUT2D eigenvalue weighted by Crippen LogP contribution is 2.43. The van der Waals surface area contributed by atoms with Gasteiger partial charge in [0.15, 0.2) is 0 Å². The van der Waals surface area contributed by atoms with Crippen LogP contribution in [0.3, 0.4) is 0 Å². The minimum Gasteiger partial charge on any atom is -0.320 e. The summed E-state index contributed by atoms with van der Waals surface area (Å²) in [5, 5.41) is 6.94. The first-order valence-electron chi connectivity index (χ1n) is 9.43. The van der Waals surface area contributed by atoms with Crippen LogP contribution in [0.2, 0.25) is 0 Å². The lowest BCUT2D eigenvalue weighted by molar-refractivity contribution is -0.128. The Hall–Kier alpha value is -2.83. The number of aromatic nitrogens is 2. The van der Waals surface area contributed by atoms with Crippen LogP contribution in [0.4, 0.5) is 0 Å². The minimum atomic E-state index is -0.0928. The summed E-state index contributed by atoms with van der Waals surface area (Å²) in [7, 11) is 0. The van der Waals surface area contributed by atoms with Crippen molar-refractivity contribution in [3.63, 3.8) is 0 Å². The van der Waals surface area contributed by atoms with Gasteiger partial charge >= 0.3 is 0 Å². The van der Waals surface area contributed by atoms with Crippen LogP contribution in [0, 0.1) is 0 Å². The standard InChI is InChI=1S/C23H19N3OS2/c27-21-16-29-23(25(21)14-17-8-3-1-4-9-17)22-19(20-12-7-13-28-20)15-26(24-22)18-10-5-2-6-11-18/h1-13,15,23H,14,16H2. The molecule has 1 unspecified atom stereocenters. The molecule has 0 radical (unpaired) electrons.